The summed E-state index contributed by atoms with van der Waals surface area (Å²) in [6.07, 6.45) is 1.72. The number of nitrogens with one attached hydrogen (secondary N) is 1. The van der Waals surface area contributed by atoms with Gasteiger partial charge in [0.05, 0.1) is 5.75 Å². The number of benzene rings is 1. The predicted molar refractivity (Wildman–Crippen MR) is 106 cm³/mol. The van der Waals surface area contributed by atoms with Gasteiger partial charge in [-0.1, -0.05) is 23.7 Å². The number of hydrogen-bond donors (Lipinski definition) is 1. The van der Waals surface area contributed by atoms with Crippen LogP contribution in [0.25, 0.3) is 0 Å². The molecule has 1 amide bonds. The molecule has 1 aliphatic rings. The van der Waals surface area contributed by atoms with Crippen molar-refractivity contribution < 1.29 is 13.2 Å². The number of pyridine rings is 1. The number of piperazine rings is 1. The number of anilines is 1. The first-order chi connectivity index (χ1) is 13.0. The van der Waals surface area contributed by atoms with Gasteiger partial charge in [-0.25, -0.2) is 13.4 Å². The molecule has 3 rings (SSSR count). The van der Waals surface area contributed by atoms with Gasteiger partial charge in [0.1, 0.15) is 5.82 Å². The number of carbonyl (C=O) groups excluding carboxylic acids is 1. The zero-order valence-electron chi connectivity index (χ0n) is 14.7. The van der Waals surface area contributed by atoms with E-state index in [0.717, 1.165) is 5.82 Å². The molecule has 1 aromatic heterocycles. The second-order valence-corrected chi connectivity index (χ2v) is 8.68. The van der Waals surface area contributed by atoms with E-state index in [1.807, 2.05) is 18.2 Å². The Morgan fingerprint density at radius 1 is 1.11 bits per heavy atom. The Hall–Kier alpha value is -2.16. The lowest BCUT2D eigenvalue weighted by molar-refractivity contribution is 0.0956. The molecular weight excluding hydrogens is 388 g/mol. The van der Waals surface area contributed by atoms with Crippen LogP contribution < -0.4 is 10.2 Å². The van der Waals surface area contributed by atoms with Crippen LogP contribution in [0.3, 0.4) is 0 Å². The van der Waals surface area contributed by atoms with E-state index in [0.29, 0.717) is 36.8 Å². The summed E-state index contributed by atoms with van der Waals surface area (Å²) in [6.45, 7) is 2.03. The van der Waals surface area contributed by atoms with Gasteiger partial charge in [0.2, 0.25) is 10.0 Å². The van der Waals surface area contributed by atoms with Crippen LogP contribution in [0.1, 0.15) is 10.4 Å². The van der Waals surface area contributed by atoms with E-state index in [1.165, 1.54) is 4.31 Å². The van der Waals surface area contributed by atoms with Crippen LogP contribution >= 0.6 is 11.6 Å². The van der Waals surface area contributed by atoms with Crippen molar-refractivity contribution in [2.24, 2.45) is 0 Å². The lowest BCUT2D eigenvalue weighted by Gasteiger charge is -2.34. The predicted octanol–water partition coefficient (Wildman–Crippen LogP) is 1.62. The molecule has 0 atom stereocenters. The number of aromatic nitrogens is 1. The van der Waals surface area contributed by atoms with Crippen LogP contribution in [0.15, 0.2) is 48.7 Å². The molecular formula is C18H21ClN4O3S. The van der Waals surface area contributed by atoms with Gasteiger partial charge in [-0.05, 0) is 30.3 Å². The number of rotatable bonds is 6. The highest BCUT2D eigenvalue weighted by molar-refractivity contribution is 7.89. The molecule has 0 saturated carbocycles. The van der Waals surface area contributed by atoms with Crippen LogP contribution in [-0.2, 0) is 10.0 Å². The maximum absolute atomic E-state index is 12.5. The normalized spacial score (nSPS) is 15.5. The topological polar surface area (TPSA) is 82.6 Å². The van der Waals surface area contributed by atoms with Gasteiger partial charge in [0.15, 0.2) is 0 Å². The van der Waals surface area contributed by atoms with Crippen molar-refractivity contribution in [2.75, 3.05) is 43.4 Å². The quantitative estimate of drug-likeness (QED) is 0.785. The van der Waals surface area contributed by atoms with E-state index >= 15 is 0 Å². The summed E-state index contributed by atoms with van der Waals surface area (Å²) in [5.41, 5.74) is 0.406. The van der Waals surface area contributed by atoms with Gasteiger partial charge in [-0.15, -0.1) is 0 Å². The van der Waals surface area contributed by atoms with Crippen molar-refractivity contribution in [1.82, 2.24) is 14.6 Å². The van der Waals surface area contributed by atoms with Crippen LogP contribution in [0, 0.1) is 0 Å². The Morgan fingerprint density at radius 3 is 2.56 bits per heavy atom. The SMILES string of the molecule is O=C(NCCS(=O)(=O)N1CCN(c2ccccn2)CC1)c1cccc(Cl)c1. The summed E-state index contributed by atoms with van der Waals surface area (Å²) >= 11 is 5.86. The minimum absolute atomic E-state index is 0.0497. The van der Waals surface area contributed by atoms with Gasteiger partial charge in [0.25, 0.3) is 5.91 Å². The first-order valence-corrected chi connectivity index (χ1v) is 10.6. The highest BCUT2D eigenvalue weighted by Gasteiger charge is 2.27. The van der Waals surface area contributed by atoms with Crippen LogP contribution in [0.4, 0.5) is 5.82 Å². The summed E-state index contributed by atoms with van der Waals surface area (Å²) in [4.78, 5) is 18.4. The monoisotopic (exact) mass is 408 g/mol. The fourth-order valence-electron chi connectivity index (χ4n) is 2.89. The molecule has 144 valence electrons. The largest absolute Gasteiger partial charge is 0.354 e. The highest BCUT2D eigenvalue weighted by Crippen LogP contribution is 2.15. The van der Waals surface area contributed by atoms with Gasteiger partial charge >= 0.3 is 0 Å². The molecule has 1 aliphatic heterocycles. The van der Waals surface area contributed by atoms with Crippen molar-refractivity contribution in [2.45, 2.75) is 0 Å². The maximum Gasteiger partial charge on any atom is 0.251 e. The molecule has 0 unspecified atom stereocenters. The van der Waals surface area contributed by atoms with E-state index in [-0.39, 0.29) is 18.2 Å². The maximum atomic E-state index is 12.5. The molecule has 1 fully saturated rings. The number of hydrogen-bond acceptors (Lipinski definition) is 5. The van der Waals surface area contributed by atoms with Crippen LogP contribution in [0.5, 0.6) is 0 Å². The van der Waals surface area contributed by atoms with Crippen LogP contribution in [-0.4, -0.2) is 62.1 Å². The van der Waals surface area contributed by atoms with Crippen molar-refractivity contribution in [3.05, 3.63) is 59.2 Å². The average Bonchev–Trinajstić information content (AvgIpc) is 2.68. The molecule has 1 N–H and O–H groups in total. The zero-order valence-corrected chi connectivity index (χ0v) is 16.3. The third-order valence-corrected chi connectivity index (χ3v) is 6.44. The Morgan fingerprint density at radius 2 is 1.89 bits per heavy atom. The molecule has 2 heterocycles. The summed E-state index contributed by atoms with van der Waals surface area (Å²) < 4.78 is 26.5. The molecule has 9 heteroatoms. The molecule has 0 bridgehead atoms. The molecule has 7 nitrogen and oxygen atoms in total. The Balaban J connectivity index is 1.48. The first kappa shape index (κ1) is 19.6. The molecule has 0 aliphatic carbocycles. The Labute approximate surface area is 164 Å². The highest BCUT2D eigenvalue weighted by atomic mass is 35.5. The van der Waals surface area contributed by atoms with Crippen molar-refractivity contribution in [3.63, 3.8) is 0 Å². The van der Waals surface area contributed by atoms with E-state index in [9.17, 15) is 13.2 Å². The van der Waals surface area contributed by atoms with Gasteiger partial charge < -0.3 is 10.2 Å². The smallest absolute Gasteiger partial charge is 0.251 e. The molecule has 27 heavy (non-hydrogen) atoms. The molecule has 0 spiro atoms. The average molecular weight is 409 g/mol. The minimum Gasteiger partial charge on any atom is -0.354 e. The fraction of sp³-hybridized carbons (Fsp3) is 0.333. The molecule has 1 saturated heterocycles. The van der Waals surface area contributed by atoms with Crippen LogP contribution in [0.2, 0.25) is 5.02 Å². The standard InChI is InChI=1S/C18H21ClN4O3S/c19-16-5-3-4-15(14-16)18(24)21-8-13-27(25,26)23-11-9-22(10-12-23)17-6-1-2-7-20-17/h1-7,14H,8-13H2,(H,21,24). The summed E-state index contributed by atoms with van der Waals surface area (Å²) in [5, 5.41) is 3.09. The van der Waals surface area contributed by atoms with Gasteiger partial charge in [-0.3, -0.25) is 4.79 Å². The second-order valence-electron chi connectivity index (χ2n) is 6.16. The number of nitrogens with zero attached hydrogens (tertiary/aromatic N) is 3. The lowest BCUT2D eigenvalue weighted by Crippen LogP contribution is -2.50. The van der Waals surface area contributed by atoms with Crippen molar-refractivity contribution in [1.29, 1.82) is 0 Å². The summed E-state index contributed by atoms with van der Waals surface area (Å²) in [5.74, 6) is 0.374. The molecule has 0 radical (unpaired) electrons. The van der Waals surface area contributed by atoms with Gasteiger partial charge in [-0.2, -0.15) is 4.31 Å². The van der Waals surface area contributed by atoms with E-state index in [1.54, 1.807) is 30.5 Å². The third kappa shape index (κ3) is 5.18. The second kappa shape index (κ2) is 8.69. The molecule has 1 aromatic carbocycles. The zero-order chi connectivity index (χ0) is 19.3. The lowest BCUT2D eigenvalue weighted by atomic mass is 10.2. The third-order valence-electron chi connectivity index (χ3n) is 4.34. The number of sulfonamides is 1. The van der Waals surface area contributed by atoms with E-state index in [2.05, 4.69) is 15.2 Å². The summed E-state index contributed by atoms with van der Waals surface area (Å²) in [6, 6.07) is 12.2. The number of carbonyl (C=O) groups is 1. The minimum atomic E-state index is -3.43. The Kier molecular flexibility index (Phi) is 6.30. The van der Waals surface area contributed by atoms with Crippen molar-refractivity contribution >= 4 is 33.3 Å². The Bertz CT molecular complexity index is 884. The van der Waals surface area contributed by atoms with Gasteiger partial charge in [0, 0.05) is 49.5 Å². The molecule has 2 aromatic rings. The summed E-state index contributed by atoms with van der Waals surface area (Å²) in [7, 11) is -3.43. The number of amides is 1. The first-order valence-electron chi connectivity index (χ1n) is 8.63. The van der Waals surface area contributed by atoms with E-state index in [4.69, 9.17) is 11.6 Å². The van der Waals surface area contributed by atoms with Crippen molar-refractivity contribution in [3.8, 4) is 0 Å². The number of halogens is 1. The van der Waals surface area contributed by atoms with E-state index < -0.39 is 10.0 Å². The fourth-order valence-corrected chi connectivity index (χ4v) is 4.42.